The van der Waals surface area contributed by atoms with Gasteiger partial charge in [0.2, 0.25) is 5.91 Å². The van der Waals surface area contributed by atoms with Crippen LogP contribution in [0.4, 0.5) is 11.4 Å². The Labute approximate surface area is 115 Å². The molecule has 0 unspecified atom stereocenters. The average molecular weight is 258 g/mol. The first-order valence-electron chi connectivity index (χ1n) is 7.47. The van der Waals surface area contributed by atoms with Crippen molar-refractivity contribution in [3.63, 3.8) is 0 Å². The summed E-state index contributed by atoms with van der Waals surface area (Å²) in [5, 5.41) is 0. The van der Waals surface area contributed by atoms with E-state index in [0.29, 0.717) is 12.5 Å². The van der Waals surface area contributed by atoms with E-state index >= 15 is 0 Å². The van der Waals surface area contributed by atoms with Crippen LogP contribution in [0.2, 0.25) is 0 Å². The molecule has 1 fully saturated rings. The Bertz CT molecular complexity index is 468. The fourth-order valence-corrected chi connectivity index (χ4v) is 2.87. The SMILES string of the molecule is CCCCC(=O)N1CCN(C2CC2)c2ccccc21. The Kier molecular flexibility index (Phi) is 3.45. The van der Waals surface area contributed by atoms with Crippen LogP contribution in [0.25, 0.3) is 0 Å². The lowest BCUT2D eigenvalue weighted by Gasteiger charge is -2.38. The largest absolute Gasteiger partial charge is 0.365 e. The molecule has 0 atom stereocenters. The maximum absolute atomic E-state index is 12.3. The van der Waals surface area contributed by atoms with Crippen LogP contribution in [0.5, 0.6) is 0 Å². The van der Waals surface area contributed by atoms with Gasteiger partial charge in [0.1, 0.15) is 0 Å². The molecule has 3 heteroatoms. The number of rotatable bonds is 4. The van der Waals surface area contributed by atoms with Crippen molar-refractivity contribution in [2.45, 2.75) is 45.1 Å². The van der Waals surface area contributed by atoms with E-state index in [0.717, 1.165) is 31.6 Å². The zero-order chi connectivity index (χ0) is 13.2. The number of carbonyl (C=O) groups excluding carboxylic acids is 1. The molecular weight excluding hydrogens is 236 g/mol. The summed E-state index contributed by atoms with van der Waals surface area (Å²) in [6.07, 6.45) is 5.35. The van der Waals surface area contributed by atoms with Gasteiger partial charge in [-0.1, -0.05) is 25.5 Å². The minimum atomic E-state index is 0.282. The maximum Gasteiger partial charge on any atom is 0.227 e. The molecule has 0 bridgehead atoms. The first-order chi connectivity index (χ1) is 9.31. The van der Waals surface area contributed by atoms with E-state index in [4.69, 9.17) is 0 Å². The predicted octanol–water partition coefficient (Wildman–Crippen LogP) is 3.19. The number of unbranched alkanes of at least 4 members (excludes halogenated alkanes) is 1. The van der Waals surface area contributed by atoms with Gasteiger partial charge in [-0.2, -0.15) is 0 Å². The number of amides is 1. The normalized spacial score (nSPS) is 18.4. The minimum Gasteiger partial charge on any atom is -0.365 e. The average Bonchev–Trinajstić information content (AvgIpc) is 3.28. The van der Waals surface area contributed by atoms with Crippen molar-refractivity contribution in [1.82, 2.24) is 0 Å². The molecule has 0 radical (unpaired) electrons. The van der Waals surface area contributed by atoms with Gasteiger partial charge in [0.25, 0.3) is 0 Å². The molecule has 1 amide bonds. The van der Waals surface area contributed by atoms with E-state index in [1.807, 2.05) is 11.0 Å². The molecule has 19 heavy (non-hydrogen) atoms. The second-order valence-corrected chi connectivity index (χ2v) is 5.56. The Morgan fingerprint density at radius 2 is 1.95 bits per heavy atom. The molecule has 1 aliphatic heterocycles. The molecule has 1 saturated carbocycles. The van der Waals surface area contributed by atoms with Gasteiger partial charge in [0.05, 0.1) is 11.4 Å². The van der Waals surface area contributed by atoms with Crippen LogP contribution in [0.3, 0.4) is 0 Å². The van der Waals surface area contributed by atoms with E-state index in [9.17, 15) is 4.79 Å². The van der Waals surface area contributed by atoms with Crippen molar-refractivity contribution in [3.8, 4) is 0 Å². The van der Waals surface area contributed by atoms with Gasteiger partial charge in [-0.25, -0.2) is 0 Å². The summed E-state index contributed by atoms with van der Waals surface area (Å²) >= 11 is 0. The Hall–Kier alpha value is -1.51. The first kappa shape index (κ1) is 12.5. The zero-order valence-corrected chi connectivity index (χ0v) is 11.6. The topological polar surface area (TPSA) is 23.6 Å². The summed E-state index contributed by atoms with van der Waals surface area (Å²) < 4.78 is 0. The molecule has 1 aromatic carbocycles. The molecule has 3 nitrogen and oxygen atoms in total. The highest BCUT2D eigenvalue weighted by Crippen LogP contribution is 2.39. The smallest absolute Gasteiger partial charge is 0.227 e. The van der Waals surface area contributed by atoms with Crippen LogP contribution in [0.15, 0.2) is 24.3 Å². The van der Waals surface area contributed by atoms with Crippen LogP contribution < -0.4 is 9.80 Å². The number of fused-ring (bicyclic) bond motifs is 1. The van der Waals surface area contributed by atoms with Crippen molar-refractivity contribution < 1.29 is 4.79 Å². The van der Waals surface area contributed by atoms with Crippen molar-refractivity contribution >= 4 is 17.3 Å². The zero-order valence-electron chi connectivity index (χ0n) is 11.6. The minimum absolute atomic E-state index is 0.282. The van der Waals surface area contributed by atoms with Gasteiger partial charge >= 0.3 is 0 Å². The summed E-state index contributed by atoms with van der Waals surface area (Å²) in [4.78, 5) is 16.8. The molecule has 0 N–H and O–H groups in total. The van der Waals surface area contributed by atoms with E-state index in [2.05, 4.69) is 30.0 Å². The molecule has 1 aromatic rings. The van der Waals surface area contributed by atoms with E-state index in [1.165, 1.54) is 18.5 Å². The van der Waals surface area contributed by atoms with Gasteiger partial charge in [0.15, 0.2) is 0 Å². The third-order valence-corrected chi connectivity index (χ3v) is 4.08. The highest BCUT2D eigenvalue weighted by atomic mass is 16.2. The number of hydrogen-bond acceptors (Lipinski definition) is 2. The molecule has 0 saturated heterocycles. The van der Waals surface area contributed by atoms with Gasteiger partial charge in [-0.3, -0.25) is 4.79 Å². The standard InChI is InChI=1S/C16H22N2O/c1-2-3-8-16(19)18-12-11-17(13-9-10-13)14-6-4-5-7-15(14)18/h4-7,13H,2-3,8-12H2,1H3. The second-order valence-electron chi connectivity index (χ2n) is 5.56. The van der Waals surface area contributed by atoms with Crippen molar-refractivity contribution in [2.75, 3.05) is 22.9 Å². The molecule has 0 aromatic heterocycles. The van der Waals surface area contributed by atoms with Gasteiger partial charge in [-0.05, 0) is 31.4 Å². The van der Waals surface area contributed by atoms with Gasteiger partial charge < -0.3 is 9.80 Å². The van der Waals surface area contributed by atoms with Crippen LogP contribution in [0.1, 0.15) is 39.0 Å². The lowest BCUT2D eigenvalue weighted by atomic mass is 10.1. The molecule has 2 aliphatic rings. The highest BCUT2D eigenvalue weighted by molar-refractivity contribution is 5.98. The molecule has 0 spiro atoms. The van der Waals surface area contributed by atoms with Crippen molar-refractivity contribution in [3.05, 3.63) is 24.3 Å². The number of para-hydroxylation sites is 2. The van der Waals surface area contributed by atoms with Gasteiger partial charge in [0, 0.05) is 25.6 Å². The number of anilines is 2. The van der Waals surface area contributed by atoms with Crippen LogP contribution in [-0.2, 0) is 4.79 Å². The molecular formula is C16H22N2O. The summed E-state index contributed by atoms with van der Waals surface area (Å²) in [5.74, 6) is 0.282. The second kappa shape index (κ2) is 5.24. The number of hydrogen-bond donors (Lipinski definition) is 0. The lowest BCUT2D eigenvalue weighted by molar-refractivity contribution is -0.118. The van der Waals surface area contributed by atoms with E-state index in [-0.39, 0.29) is 5.91 Å². The Balaban J connectivity index is 1.83. The summed E-state index contributed by atoms with van der Waals surface area (Å²) in [7, 11) is 0. The maximum atomic E-state index is 12.3. The fraction of sp³-hybridized carbons (Fsp3) is 0.562. The summed E-state index contributed by atoms with van der Waals surface area (Å²) in [5.41, 5.74) is 2.36. The van der Waals surface area contributed by atoms with Crippen LogP contribution in [-0.4, -0.2) is 25.0 Å². The Morgan fingerprint density at radius 3 is 2.63 bits per heavy atom. The Morgan fingerprint density at radius 1 is 1.21 bits per heavy atom. The van der Waals surface area contributed by atoms with Crippen LogP contribution in [0, 0.1) is 0 Å². The molecule has 3 rings (SSSR count). The van der Waals surface area contributed by atoms with Crippen molar-refractivity contribution in [2.24, 2.45) is 0 Å². The third kappa shape index (κ3) is 2.46. The number of carbonyl (C=O) groups is 1. The number of benzene rings is 1. The highest BCUT2D eigenvalue weighted by Gasteiger charge is 2.34. The third-order valence-electron chi connectivity index (χ3n) is 4.08. The molecule has 102 valence electrons. The predicted molar refractivity (Wildman–Crippen MR) is 78.7 cm³/mol. The fourth-order valence-electron chi connectivity index (χ4n) is 2.87. The summed E-state index contributed by atoms with van der Waals surface area (Å²) in [6, 6.07) is 9.08. The quantitative estimate of drug-likeness (QED) is 0.828. The van der Waals surface area contributed by atoms with Crippen molar-refractivity contribution in [1.29, 1.82) is 0 Å². The van der Waals surface area contributed by atoms with Crippen LogP contribution >= 0.6 is 0 Å². The first-order valence-corrected chi connectivity index (χ1v) is 7.47. The molecule has 1 heterocycles. The monoisotopic (exact) mass is 258 g/mol. The number of nitrogens with zero attached hydrogens (tertiary/aromatic N) is 2. The summed E-state index contributed by atoms with van der Waals surface area (Å²) in [6.45, 7) is 3.96. The van der Waals surface area contributed by atoms with Gasteiger partial charge in [-0.15, -0.1) is 0 Å². The van der Waals surface area contributed by atoms with E-state index < -0.39 is 0 Å². The molecule has 1 aliphatic carbocycles. The lowest BCUT2D eigenvalue weighted by Crippen LogP contribution is -2.44. The van der Waals surface area contributed by atoms with E-state index in [1.54, 1.807) is 0 Å².